The fraction of sp³-hybridized carbons (Fsp3) is 1.00. The monoisotopic (exact) mass is 866 g/mol. The van der Waals surface area contributed by atoms with Crippen LogP contribution < -0.4 is 0 Å². The summed E-state index contributed by atoms with van der Waals surface area (Å²) in [6.07, 6.45) is -59.3. The summed E-state index contributed by atoms with van der Waals surface area (Å²) in [4.78, 5) is 0. The molecule has 0 saturated heterocycles. The highest BCUT2D eigenvalue weighted by Gasteiger charge is 3.01. The third-order valence-electron chi connectivity index (χ3n) is 5.61. The zero-order valence-electron chi connectivity index (χ0n) is 21.8. The smallest absolute Gasteiger partial charge is 0.371 e. The molecule has 0 aromatic rings. The third-order valence-corrected chi connectivity index (χ3v) is 5.61. The van der Waals surface area contributed by atoms with Gasteiger partial charge < -0.3 is 10.2 Å². The molecule has 0 rings (SSSR count). The van der Waals surface area contributed by atoms with Crippen molar-refractivity contribution in [3.63, 3.8) is 0 Å². The minimum atomic E-state index is -10.3. The van der Waals surface area contributed by atoms with E-state index in [1.165, 1.54) is 0 Å². The van der Waals surface area contributed by atoms with Gasteiger partial charge in [0.1, 0.15) is 0 Å². The lowest BCUT2D eigenvalue weighted by Gasteiger charge is -2.49. The van der Waals surface area contributed by atoms with E-state index in [1.54, 1.807) is 0 Å². The molecule has 4 nitrogen and oxygen atoms in total. The quantitative estimate of drug-likeness (QED) is 0.162. The highest BCUT2D eigenvalue weighted by atomic mass is 19.4. The van der Waals surface area contributed by atoms with Crippen molar-refractivity contribution in [1.82, 2.24) is 0 Å². The Morgan fingerprint density at radius 1 is 0.231 bits per heavy atom. The van der Waals surface area contributed by atoms with Crippen LogP contribution >= 0.6 is 0 Å². The molecule has 0 spiro atoms. The zero-order valence-corrected chi connectivity index (χ0v) is 21.8. The Labute approximate surface area is 257 Å². The third kappa shape index (κ3) is 6.45. The van der Waals surface area contributed by atoms with E-state index in [1.807, 2.05) is 0 Å². The Morgan fingerprint density at radius 3 is 0.673 bits per heavy atom. The summed E-state index contributed by atoms with van der Waals surface area (Å²) in [5, 5.41) is 16.3. The van der Waals surface area contributed by atoms with Gasteiger partial charge in [-0.3, -0.25) is 0 Å². The average Bonchev–Trinajstić information content (AvgIpc) is 2.83. The molecule has 0 radical (unpaired) electrons. The molecule has 314 valence electrons. The van der Waals surface area contributed by atoms with Gasteiger partial charge in [0.05, 0.1) is 0 Å². The number of alkyl halides is 32. The standard InChI is InChI=1S/C16H2F32O4/c17-2(18,4(21,22)5(23,24)6(25,26)7(27,28)8(29,30)9(31,32)11(36,37)38)1(49,3(19,20)10(33,34)35)13(41,42)51-15(45,46)16(47,48)52-14(43,44)12(39,40)50/h49-50H. The lowest BCUT2D eigenvalue weighted by molar-refractivity contribution is -0.570. The Kier molecular flexibility index (Phi) is 11.5. The predicted octanol–water partition coefficient (Wildman–Crippen LogP) is 8.91. The first kappa shape index (κ1) is 49.6. The normalized spacial score (nSPS) is 18.1. The fourth-order valence-corrected chi connectivity index (χ4v) is 2.73. The molecular weight excluding hydrogens is 864 g/mol. The van der Waals surface area contributed by atoms with Crippen LogP contribution in [0.4, 0.5) is 140 Å². The van der Waals surface area contributed by atoms with Crippen LogP contribution in [-0.4, -0.2) is 106 Å². The van der Waals surface area contributed by atoms with Crippen molar-refractivity contribution >= 4 is 0 Å². The van der Waals surface area contributed by atoms with E-state index in [9.17, 15) is 140 Å². The maximum Gasteiger partial charge on any atom is 0.460 e. The maximum absolute atomic E-state index is 14.4. The molecule has 0 aliphatic heterocycles. The van der Waals surface area contributed by atoms with Gasteiger partial charge in [-0.2, -0.15) is 140 Å². The van der Waals surface area contributed by atoms with Crippen molar-refractivity contribution in [2.75, 3.05) is 0 Å². The zero-order chi connectivity index (χ0) is 43.4. The van der Waals surface area contributed by atoms with Gasteiger partial charge in [-0.15, -0.1) is 0 Å². The maximum atomic E-state index is 14.4. The molecule has 0 fully saturated rings. The largest absolute Gasteiger partial charge is 0.460 e. The molecule has 0 bridgehead atoms. The Bertz CT molecular complexity index is 1280. The van der Waals surface area contributed by atoms with E-state index >= 15 is 0 Å². The second kappa shape index (κ2) is 12.0. The van der Waals surface area contributed by atoms with Crippen molar-refractivity contribution in [2.45, 2.75) is 95.9 Å². The topological polar surface area (TPSA) is 58.9 Å². The molecule has 0 amide bonds. The van der Waals surface area contributed by atoms with Crippen LogP contribution in [0.5, 0.6) is 0 Å². The number of rotatable bonds is 15. The Hall–Kier alpha value is -2.40. The van der Waals surface area contributed by atoms with Gasteiger partial charge in [-0.05, 0) is 0 Å². The first-order chi connectivity index (χ1) is 21.7. The minimum Gasteiger partial charge on any atom is -0.371 e. The van der Waals surface area contributed by atoms with E-state index in [2.05, 4.69) is 0 Å². The van der Waals surface area contributed by atoms with Gasteiger partial charge in [0, 0.05) is 0 Å². The summed E-state index contributed by atoms with van der Waals surface area (Å²) in [5.41, 5.74) is -9.98. The summed E-state index contributed by atoms with van der Waals surface area (Å²) in [6.45, 7) is 0. The highest BCUT2D eigenvalue weighted by molar-refractivity contribution is 5.22. The lowest BCUT2D eigenvalue weighted by Crippen LogP contribution is -2.83. The van der Waals surface area contributed by atoms with Crippen LogP contribution in [0.3, 0.4) is 0 Å². The highest BCUT2D eigenvalue weighted by Crippen LogP contribution is 2.68. The van der Waals surface area contributed by atoms with Crippen molar-refractivity contribution in [2.24, 2.45) is 0 Å². The molecule has 1 atom stereocenters. The van der Waals surface area contributed by atoms with E-state index in [-0.39, 0.29) is 0 Å². The van der Waals surface area contributed by atoms with Gasteiger partial charge in [-0.1, -0.05) is 0 Å². The molecular formula is C16H2F32O4. The van der Waals surface area contributed by atoms with E-state index in [0.29, 0.717) is 4.74 Å². The van der Waals surface area contributed by atoms with Gasteiger partial charge in [-0.25, -0.2) is 9.47 Å². The average molecular weight is 866 g/mol. The SMILES string of the molecule is OC(F)(F)C(F)(F)OC(F)(F)C(F)(F)OC(F)(F)C(O)(C(F)(F)C(F)(F)F)C(F)(F)C(F)(F)C(F)(F)C(F)(F)C(F)(F)C(F)(F)C(F)(F)C(F)(F)F. The van der Waals surface area contributed by atoms with Crippen molar-refractivity contribution in [3.8, 4) is 0 Å². The van der Waals surface area contributed by atoms with E-state index in [4.69, 9.17) is 10.2 Å². The molecule has 0 heterocycles. The number of halogens is 32. The Balaban J connectivity index is 8.07. The van der Waals surface area contributed by atoms with Crippen molar-refractivity contribution < 1.29 is 160 Å². The number of aliphatic hydroxyl groups is 2. The molecule has 0 aliphatic rings. The molecule has 0 aromatic heterocycles. The van der Waals surface area contributed by atoms with Gasteiger partial charge >= 0.3 is 90.3 Å². The lowest BCUT2D eigenvalue weighted by atomic mass is 9.78. The second-order valence-corrected chi connectivity index (χ2v) is 9.11. The summed E-state index contributed by atoms with van der Waals surface area (Å²) in [6, 6.07) is 0. The van der Waals surface area contributed by atoms with Crippen LogP contribution in [0.2, 0.25) is 0 Å². The van der Waals surface area contributed by atoms with E-state index < -0.39 is 95.9 Å². The summed E-state index contributed by atoms with van der Waals surface area (Å²) in [7, 11) is 0. The fourth-order valence-electron chi connectivity index (χ4n) is 2.73. The molecule has 0 aromatic carbocycles. The first-order valence-electron chi connectivity index (χ1n) is 10.6. The van der Waals surface area contributed by atoms with Crippen LogP contribution in [0.15, 0.2) is 0 Å². The van der Waals surface area contributed by atoms with Gasteiger partial charge in [0.15, 0.2) is 0 Å². The van der Waals surface area contributed by atoms with Crippen LogP contribution in [0.25, 0.3) is 0 Å². The van der Waals surface area contributed by atoms with Crippen LogP contribution in [0, 0.1) is 0 Å². The second-order valence-electron chi connectivity index (χ2n) is 9.11. The van der Waals surface area contributed by atoms with Crippen LogP contribution in [0.1, 0.15) is 0 Å². The van der Waals surface area contributed by atoms with Gasteiger partial charge in [0.2, 0.25) is 0 Å². The molecule has 0 aliphatic carbocycles. The van der Waals surface area contributed by atoms with Crippen molar-refractivity contribution in [3.05, 3.63) is 0 Å². The summed E-state index contributed by atoms with van der Waals surface area (Å²) < 4.78 is 427. The number of ether oxygens (including phenoxy) is 2. The molecule has 1 unspecified atom stereocenters. The summed E-state index contributed by atoms with van der Waals surface area (Å²) in [5.74, 6) is -78.7. The molecule has 0 saturated carbocycles. The molecule has 2 N–H and O–H groups in total. The molecule has 36 heteroatoms. The van der Waals surface area contributed by atoms with Crippen LogP contribution in [-0.2, 0) is 9.47 Å². The number of hydrogen-bond donors (Lipinski definition) is 2. The number of hydrogen-bond acceptors (Lipinski definition) is 4. The van der Waals surface area contributed by atoms with Gasteiger partial charge in [0.25, 0.3) is 5.60 Å². The Morgan fingerprint density at radius 2 is 0.442 bits per heavy atom. The van der Waals surface area contributed by atoms with E-state index in [0.717, 1.165) is 4.74 Å². The minimum absolute atomic E-state index is 0.709. The summed E-state index contributed by atoms with van der Waals surface area (Å²) >= 11 is 0. The molecule has 52 heavy (non-hydrogen) atoms. The van der Waals surface area contributed by atoms with Crippen molar-refractivity contribution in [1.29, 1.82) is 0 Å². The first-order valence-corrected chi connectivity index (χ1v) is 10.6. The predicted molar refractivity (Wildman–Crippen MR) is 85.8 cm³/mol.